The number of ketones is 1. The number of ether oxygens (including phenoxy) is 1. The topological polar surface area (TPSA) is 53.6 Å². The second-order valence-corrected chi connectivity index (χ2v) is 6.87. The highest BCUT2D eigenvalue weighted by Gasteiger charge is 2.35. The molecule has 0 radical (unpaired) electrons. The predicted octanol–water partition coefficient (Wildman–Crippen LogP) is 2.47. The molecule has 0 unspecified atom stereocenters. The molecule has 1 saturated heterocycles. The second kappa shape index (κ2) is 9.13. The van der Waals surface area contributed by atoms with Crippen LogP contribution < -0.4 is 15.5 Å². The summed E-state index contributed by atoms with van der Waals surface area (Å²) in [6.07, 6.45) is 1.49. The highest BCUT2D eigenvalue weighted by atomic mass is 16.5. The third kappa shape index (κ3) is 4.56. The first-order chi connectivity index (χ1) is 13.2. The van der Waals surface area contributed by atoms with E-state index in [-0.39, 0.29) is 5.78 Å². The molecular formula is C22H29N3O2. The van der Waals surface area contributed by atoms with Crippen molar-refractivity contribution in [1.29, 1.82) is 0 Å². The van der Waals surface area contributed by atoms with Crippen LogP contribution in [0.1, 0.15) is 22.3 Å². The molecule has 144 valence electrons. The van der Waals surface area contributed by atoms with E-state index in [2.05, 4.69) is 27.7 Å². The Morgan fingerprint density at radius 1 is 1.00 bits per heavy atom. The lowest BCUT2D eigenvalue weighted by Gasteiger charge is -2.32. The molecule has 0 amide bonds. The van der Waals surface area contributed by atoms with Crippen molar-refractivity contribution >= 4 is 11.5 Å². The molecule has 1 heterocycles. The van der Waals surface area contributed by atoms with Crippen LogP contribution in [0.25, 0.3) is 0 Å². The van der Waals surface area contributed by atoms with E-state index >= 15 is 0 Å². The highest BCUT2D eigenvalue weighted by molar-refractivity contribution is 6.03. The SMILES string of the molecule is CNC(CCc1ccccc1)(NC)C(=O)c1ccc(N2CCOCC2)cc1. The van der Waals surface area contributed by atoms with Gasteiger partial charge in [-0.25, -0.2) is 0 Å². The molecule has 1 aliphatic heterocycles. The van der Waals surface area contributed by atoms with Gasteiger partial charge >= 0.3 is 0 Å². The number of carbonyl (C=O) groups is 1. The van der Waals surface area contributed by atoms with Crippen molar-refractivity contribution in [2.75, 3.05) is 45.3 Å². The maximum atomic E-state index is 13.3. The summed E-state index contributed by atoms with van der Waals surface area (Å²) < 4.78 is 5.41. The van der Waals surface area contributed by atoms with Gasteiger partial charge in [0, 0.05) is 24.3 Å². The minimum Gasteiger partial charge on any atom is -0.378 e. The van der Waals surface area contributed by atoms with Crippen molar-refractivity contribution in [3.8, 4) is 0 Å². The highest BCUT2D eigenvalue weighted by Crippen LogP contribution is 2.21. The number of nitrogens with one attached hydrogen (secondary N) is 2. The standard InChI is InChI=1S/C22H29N3O2/c1-23-22(24-2,13-12-18-6-4-3-5-7-18)21(26)19-8-10-20(11-9-19)25-14-16-27-17-15-25/h3-11,23-24H,12-17H2,1-2H3. The van der Waals surface area contributed by atoms with Crippen LogP contribution in [0, 0.1) is 0 Å². The van der Waals surface area contributed by atoms with E-state index in [0.717, 1.165) is 38.4 Å². The fourth-order valence-electron chi connectivity index (χ4n) is 3.58. The van der Waals surface area contributed by atoms with Gasteiger partial charge in [-0.1, -0.05) is 30.3 Å². The van der Waals surface area contributed by atoms with Gasteiger partial charge in [0.25, 0.3) is 0 Å². The van der Waals surface area contributed by atoms with Gasteiger partial charge in [-0.3, -0.25) is 15.4 Å². The van der Waals surface area contributed by atoms with Gasteiger partial charge in [0.2, 0.25) is 0 Å². The van der Waals surface area contributed by atoms with E-state index in [1.165, 1.54) is 5.56 Å². The Balaban J connectivity index is 1.73. The summed E-state index contributed by atoms with van der Waals surface area (Å²) in [5.41, 5.74) is 2.29. The van der Waals surface area contributed by atoms with Crippen LogP contribution in [0.2, 0.25) is 0 Å². The summed E-state index contributed by atoms with van der Waals surface area (Å²) in [4.78, 5) is 15.6. The van der Waals surface area contributed by atoms with Crippen LogP contribution in [0.3, 0.4) is 0 Å². The summed E-state index contributed by atoms with van der Waals surface area (Å²) in [7, 11) is 3.67. The van der Waals surface area contributed by atoms with Gasteiger partial charge in [0.1, 0.15) is 5.66 Å². The van der Waals surface area contributed by atoms with Crippen molar-refractivity contribution < 1.29 is 9.53 Å². The number of benzene rings is 2. The molecule has 0 aliphatic carbocycles. The Kier molecular flexibility index (Phi) is 6.61. The van der Waals surface area contributed by atoms with E-state index in [4.69, 9.17) is 4.74 Å². The fraction of sp³-hybridized carbons (Fsp3) is 0.409. The monoisotopic (exact) mass is 367 g/mol. The maximum absolute atomic E-state index is 13.3. The first-order valence-electron chi connectivity index (χ1n) is 9.58. The number of hydrogen-bond acceptors (Lipinski definition) is 5. The van der Waals surface area contributed by atoms with Crippen LogP contribution in [0.5, 0.6) is 0 Å². The Hall–Kier alpha value is -2.21. The molecule has 2 aromatic rings. The summed E-state index contributed by atoms with van der Waals surface area (Å²) >= 11 is 0. The van der Waals surface area contributed by atoms with Crippen molar-refractivity contribution in [3.63, 3.8) is 0 Å². The van der Waals surface area contributed by atoms with Crippen molar-refractivity contribution in [3.05, 3.63) is 65.7 Å². The van der Waals surface area contributed by atoms with Crippen molar-refractivity contribution in [2.24, 2.45) is 0 Å². The van der Waals surface area contributed by atoms with E-state index in [9.17, 15) is 4.79 Å². The lowest BCUT2D eigenvalue weighted by Crippen LogP contribution is -2.60. The third-order valence-electron chi connectivity index (χ3n) is 5.38. The Bertz CT molecular complexity index is 721. The molecule has 0 bridgehead atoms. The lowest BCUT2D eigenvalue weighted by molar-refractivity contribution is 0.0813. The molecule has 2 N–H and O–H groups in total. The number of morpholine rings is 1. The smallest absolute Gasteiger partial charge is 0.197 e. The number of Topliss-reactive ketones (excluding diaryl/α,β-unsaturated/α-hetero) is 1. The molecule has 0 atom stereocenters. The molecule has 0 saturated carbocycles. The lowest BCUT2D eigenvalue weighted by atomic mass is 9.91. The molecule has 5 heteroatoms. The van der Waals surface area contributed by atoms with E-state index in [0.29, 0.717) is 12.0 Å². The van der Waals surface area contributed by atoms with Crippen LogP contribution in [0.4, 0.5) is 5.69 Å². The molecule has 1 aliphatic rings. The number of likely N-dealkylation sites (N-methyl/N-ethyl adjacent to an activating group) is 2. The first kappa shape index (κ1) is 19.5. The van der Waals surface area contributed by atoms with Gasteiger partial charge in [-0.2, -0.15) is 0 Å². The largest absolute Gasteiger partial charge is 0.378 e. The minimum absolute atomic E-state index is 0.0666. The van der Waals surface area contributed by atoms with Gasteiger partial charge in [0.05, 0.1) is 13.2 Å². The van der Waals surface area contributed by atoms with Gasteiger partial charge < -0.3 is 9.64 Å². The number of anilines is 1. The van der Waals surface area contributed by atoms with Gasteiger partial charge in [0.15, 0.2) is 5.78 Å². The van der Waals surface area contributed by atoms with Crippen LogP contribution in [-0.2, 0) is 11.2 Å². The van der Waals surface area contributed by atoms with Gasteiger partial charge in [-0.05, 0) is 56.8 Å². The average Bonchev–Trinajstić information content (AvgIpc) is 2.76. The van der Waals surface area contributed by atoms with Crippen LogP contribution in [-0.4, -0.2) is 51.8 Å². The molecule has 5 nitrogen and oxygen atoms in total. The normalized spacial score (nSPS) is 15.0. The Morgan fingerprint density at radius 3 is 2.22 bits per heavy atom. The molecular weight excluding hydrogens is 338 g/mol. The van der Waals surface area contributed by atoms with E-state index < -0.39 is 5.66 Å². The van der Waals surface area contributed by atoms with Crippen molar-refractivity contribution in [1.82, 2.24) is 10.6 Å². The zero-order valence-electron chi connectivity index (χ0n) is 16.2. The number of nitrogens with zero attached hydrogens (tertiary/aromatic N) is 1. The fourth-order valence-corrected chi connectivity index (χ4v) is 3.58. The third-order valence-corrected chi connectivity index (χ3v) is 5.38. The molecule has 1 fully saturated rings. The van der Waals surface area contributed by atoms with Crippen LogP contribution >= 0.6 is 0 Å². The predicted molar refractivity (Wildman–Crippen MR) is 109 cm³/mol. The van der Waals surface area contributed by atoms with E-state index in [1.54, 1.807) is 0 Å². The number of hydrogen-bond donors (Lipinski definition) is 2. The maximum Gasteiger partial charge on any atom is 0.197 e. The molecule has 0 spiro atoms. The van der Waals surface area contributed by atoms with E-state index in [1.807, 2.05) is 56.6 Å². The number of rotatable bonds is 8. The number of aryl methyl sites for hydroxylation is 1. The van der Waals surface area contributed by atoms with Crippen molar-refractivity contribution in [2.45, 2.75) is 18.5 Å². The minimum atomic E-state index is -0.781. The zero-order valence-corrected chi connectivity index (χ0v) is 16.2. The first-order valence-corrected chi connectivity index (χ1v) is 9.58. The molecule has 2 aromatic carbocycles. The Labute approximate surface area is 161 Å². The molecule has 27 heavy (non-hydrogen) atoms. The summed E-state index contributed by atoms with van der Waals surface area (Å²) in [5, 5.41) is 6.45. The van der Waals surface area contributed by atoms with Crippen LogP contribution in [0.15, 0.2) is 54.6 Å². The molecule has 3 rings (SSSR count). The Morgan fingerprint density at radius 2 is 1.63 bits per heavy atom. The second-order valence-electron chi connectivity index (χ2n) is 6.87. The molecule has 0 aromatic heterocycles. The van der Waals surface area contributed by atoms with Gasteiger partial charge in [-0.15, -0.1) is 0 Å². The number of carbonyl (C=O) groups excluding carboxylic acids is 1. The summed E-state index contributed by atoms with van der Waals surface area (Å²) in [6.45, 7) is 3.29. The summed E-state index contributed by atoms with van der Waals surface area (Å²) in [6, 6.07) is 18.2. The average molecular weight is 367 g/mol. The quantitative estimate of drug-likeness (QED) is 0.555. The zero-order chi connectivity index (χ0) is 19.1. The summed E-state index contributed by atoms with van der Waals surface area (Å²) in [5.74, 6) is 0.0666.